The van der Waals surface area contributed by atoms with Gasteiger partial charge >= 0.3 is 0 Å². The van der Waals surface area contributed by atoms with Gasteiger partial charge in [0.25, 0.3) is 0 Å². The van der Waals surface area contributed by atoms with Crippen molar-refractivity contribution in [2.24, 2.45) is 0 Å². The molecule has 0 aliphatic rings. The molecule has 4 radical (unpaired) electrons. The Kier molecular flexibility index (Phi) is 162. The molecule has 20 valence electrons. The van der Waals surface area contributed by atoms with Gasteiger partial charge in [0.2, 0.25) is 0 Å². The second kappa shape index (κ2) is 18.9. The van der Waals surface area contributed by atoms with Gasteiger partial charge in [-0.05, 0) is 0 Å². The first-order valence-corrected chi connectivity index (χ1v) is 0. The Bertz CT molecular complexity index is 8.00. The van der Waals surface area contributed by atoms with E-state index in [0.29, 0.717) is 0 Å². The van der Waals surface area contributed by atoms with E-state index in [1.807, 2.05) is 0 Å². The van der Waals surface area contributed by atoms with E-state index in [1.165, 1.54) is 0 Å². The monoisotopic (exact) mass is 186 g/mol. The van der Waals surface area contributed by atoms with Crippen LogP contribution in [0.3, 0.4) is 0 Å². The van der Waals surface area contributed by atoms with E-state index in [0.717, 1.165) is 0 Å². The zero-order chi connectivity index (χ0) is 0. The summed E-state index contributed by atoms with van der Waals surface area (Å²) in [5.41, 5.74) is 0. The van der Waals surface area contributed by atoms with Crippen LogP contribution in [0.4, 0.5) is 0 Å². The van der Waals surface area contributed by atoms with E-state index >= 15 is 0 Å². The molecule has 4 heavy (non-hydrogen) atoms. The van der Waals surface area contributed by atoms with Crippen LogP contribution < -0.4 is 0 Å². The molecule has 0 aliphatic heterocycles. The average Bonchev–Trinajstić information content (AvgIpc) is 0. The standard InChI is InChI=1S/Al.B.Fe.Y.3H. The van der Waals surface area contributed by atoms with Crippen LogP contribution >= 0.6 is 0 Å². The third-order valence-corrected chi connectivity index (χ3v) is 0. The minimum Gasteiger partial charge on any atom is 0 e. The molecule has 0 bridgehead atoms. The summed E-state index contributed by atoms with van der Waals surface area (Å²) in [6, 6.07) is 0. The quantitative estimate of drug-likeness (QED) is 0.400. The van der Waals surface area contributed by atoms with Crippen molar-refractivity contribution in [1.82, 2.24) is 0 Å². The van der Waals surface area contributed by atoms with Gasteiger partial charge in [-0.2, -0.15) is 0 Å². The van der Waals surface area contributed by atoms with Crippen LogP contribution in [0.5, 0.6) is 0 Å². The van der Waals surface area contributed by atoms with Crippen molar-refractivity contribution >= 4 is 25.8 Å². The average molecular weight is 186 g/mol. The topological polar surface area (TPSA) is 0 Å². The molecule has 0 unspecified atom stereocenters. The van der Waals surface area contributed by atoms with Gasteiger partial charge in [0.05, 0.1) is 0 Å². The van der Waals surface area contributed by atoms with Crippen LogP contribution in [0.2, 0.25) is 0 Å². The van der Waals surface area contributed by atoms with Gasteiger partial charge in [-0.3, -0.25) is 0 Å². The Morgan fingerprint density at radius 1 is 1.00 bits per heavy atom. The molecule has 0 spiro atoms. The van der Waals surface area contributed by atoms with Crippen LogP contribution in [0, 0.1) is 0 Å². The maximum atomic E-state index is 0. The molecule has 0 aromatic carbocycles. The summed E-state index contributed by atoms with van der Waals surface area (Å²) in [5, 5.41) is 0. The largest absolute Gasteiger partial charge is 0.187 e. The second-order valence-corrected chi connectivity index (χ2v) is 0. The van der Waals surface area contributed by atoms with Gasteiger partial charge in [-0.1, -0.05) is 0 Å². The molecular formula is H3AlBFeY. The maximum absolute atomic E-state index is 0. The summed E-state index contributed by atoms with van der Waals surface area (Å²) in [6.07, 6.45) is 0. The predicted octanol–water partition coefficient (Wildman–Crippen LogP) is -1.57. The summed E-state index contributed by atoms with van der Waals surface area (Å²) in [7, 11) is 0. The zero-order valence-electron chi connectivity index (χ0n) is 1.51. The molecule has 0 saturated carbocycles. The van der Waals surface area contributed by atoms with E-state index in [2.05, 4.69) is 0 Å². The Balaban J connectivity index is 0. The van der Waals surface area contributed by atoms with Crippen molar-refractivity contribution in [1.29, 1.82) is 0 Å². The van der Waals surface area contributed by atoms with Crippen LogP contribution in [0.25, 0.3) is 0 Å². The van der Waals surface area contributed by atoms with E-state index < -0.39 is 0 Å². The fourth-order valence-corrected chi connectivity index (χ4v) is 0. The Morgan fingerprint density at radius 2 is 1.00 bits per heavy atom. The minimum atomic E-state index is 0. The summed E-state index contributed by atoms with van der Waals surface area (Å²) >= 11 is 0. The summed E-state index contributed by atoms with van der Waals surface area (Å²) in [5.74, 6) is 0. The molecule has 0 aromatic heterocycles. The van der Waals surface area contributed by atoms with Gasteiger partial charge in [0, 0.05) is 58.2 Å². The van der Waals surface area contributed by atoms with Crippen LogP contribution in [-0.4, -0.2) is 25.8 Å². The molecular weight excluding hydrogens is 183 g/mol. The molecule has 0 nitrogen and oxygen atoms in total. The van der Waals surface area contributed by atoms with Crippen molar-refractivity contribution in [3.05, 3.63) is 0 Å². The summed E-state index contributed by atoms with van der Waals surface area (Å²) < 4.78 is 0. The first-order chi connectivity index (χ1) is 0. The number of rotatable bonds is 0. The normalized spacial score (nSPS) is 0. The van der Waals surface area contributed by atoms with E-state index in [1.54, 1.807) is 0 Å². The molecule has 0 rings (SSSR count). The van der Waals surface area contributed by atoms with Crippen molar-refractivity contribution < 1.29 is 49.8 Å². The van der Waals surface area contributed by atoms with Gasteiger partial charge in [-0.25, -0.2) is 0 Å². The molecule has 0 atom stereocenters. The predicted molar refractivity (Wildman–Crippen MR) is 15.7 cm³/mol. The van der Waals surface area contributed by atoms with Gasteiger partial charge in [-0.15, -0.1) is 0 Å². The molecule has 4 heteroatoms. The van der Waals surface area contributed by atoms with Crippen LogP contribution in [-0.2, 0) is 49.8 Å². The molecule has 0 amide bonds. The number of hydrogen-bond donors (Lipinski definition) is 0. The van der Waals surface area contributed by atoms with E-state index in [4.69, 9.17) is 0 Å². The second-order valence-electron chi connectivity index (χ2n) is 0. The molecule has 0 aromatic rings. The minimum absolute atomic E-state index is 0. The first kappa shape index (κ1) is 34.4. The van der Waals surface area contributed by atoms with Crippen molar-refractivity contribution in [3.63, 3.8) is 0 Å². The maximum Gasteiger partial charge on any atom is 0.187 e. The van der Waals surface area contributed by atoms with Gasteiger partial charge in [0.1, 0.15) is 0 Å². The fraction of sp³-hybridized carbons (Fsp3) is 0. The van der Waals surface area contributed by atoms with Crippen LogP contribution in [0.15, 0.2) is 0 Å². The van der Waals surface area contributed by atoms with Crippen LogP contribution in [0.1, 0.15) is 0 Å². The zero-order valence-corrected chi connectivity index (χ0v) is 5.45. The Morgan fingerprint density at radius 3 is 1.00 bits per heavy atom. The van der Waals surface area contributed by atoms with E-state index in [-0.39, 0.29) is 75.6 Å². The molecule has 0 fully saturated rings. The van der Waals surface area contributed by atoms with Gasteiger partial charge in [0.15, 0.2) is 17.4 Å². The smallest absolute Gasteiger partial charge is 0 e. The number of hydrogen-bond acceptors (Lipinski definition) is 0. The fourth-order valence-electron chi connectivity index (χ4n) is 0. The van der Waals surface area contributed by atoms with Crippen molar-refractivity contribution in [2.75, 3.05) is 0 Å². The molecule has 0 saturated heterocycles. The third-order valence-electron chi connectivity index (χ3n) is 0. The Hall–Kier alpha value is 2.22. The van der Waals surface area contributed by atoms with E-state index in [9.17, 15) is 0 Å². The third kappa shape index (κ3) is 8.88. The van der Waals surface area contributed by atoms with Crippen molar-refractivity contribution in [3.8, 4) is 0 Å². The first-order valence-electron chi connectivity index (χ1n) is 0. The van der Waals surface area contributed by atoms with Crippen molar-refractivity contribution in [2.45, 2.75) is 0 Å². The molecule has 0 heterocycles. The molecule has 0 N–H and O–H groups in total. The Labute approximate surface area is 74.5 Å². The SMILES string of the molecule is [AlH3].[B].[Fe].[Y]. The van der Waals surface area contributed by atoms with Gasteiger partial charge < -0.3 is 0 Å². The summed E-state index contributed by atoms with van der Waals surface area (Å²) in [4.78, 5) is 0. The summed E-state index contributed by atoms with van der Waals surface area (Å²) in [6.45, 7) is 0. The molecule has 0 aliphatic carbocycles.